The highest BCUT2D eigenvalue weighted by atomic mass is 32.2. The van der Waals surface area contributed by atoms with Crippen molar-refractivity contribution in [2.24, 2.45) is 0 Å². The van der Waals surface area contributed by atoms with Crippen LogP contribution < -0.4 is 15.4 Å². The summed E-state index contributed by atoms with van der Waals surface area (Å²) in [6.07, 6.45) is 1.68. The summed E-state index contributed by atoms with van der Waals surface area (Å²) in [5, 5.41) is 6.34. The summed E-state index contributed by atoms with van der Waals surface area (Å²) in [6.45, 7) is -0.114. The fourth-order valence-corrected chi connectivity index (χ4v) is 3.55. The number of nitrogens with zero attached hydrogens (tertiary/aromatic N) is 1. The van der Waals surface area contributed by atoms with Crippen molar-refractivity contribution in [2.45, 2.75) is 9.92 Å². The molecule has 0 atom stereocenters. The molecule has 0 saturated carbocycles. The Morgan fingerprint density at radius 2 is 1.96 bits per heavy atom. The number of ether oxygens (including phenoxy) is 1. The topological polar surface area (TPSA) is 80.3 Å². The highest BCUT2D eigenvalue weighted by Crippen LogP contribution is 2.37. The van der Waals surface area contributed by atoms with E-state index in [1.165, 1.54) is 11.8 Å². The van der Waals surface area contributed by atoms with Crippen molar-refractivity contribution >= 4 is 35.0 Å². The molecule has 7 heteroatoms. The molecule has 0 saturated heterocycles. The molecule has 3 aromatic rings. The van der Waals surface area contributed by atoms with Gasteiger partial charge in [-0.15, -0.1) is 0 Å². The minimum absolute atomic E-state index is 0.114. The monoisotopic (exact) mass is 377 g/mol. The average molecular weight is 377 g/mol. The molecule has 0 unspecified atom stereocenters. The molecule has 1 aliphatic rings. The number of aromatic nitrogens is 1. The number of carbonyl (C=O) groups is 2. The molecule has 134 valence electrons. The Hall–Kier alpha value is -3.32. The van der Waals surface area contributed by atoms with E-state index in [9.17, 15) is 9.59 Å². The van der Waals surface area contributed by atoms with Gasteiger partial charge in [-0.05, 0) is 42.5 Å². The second kappa shape index (κ2) is 7.51. The Labute approximate surface area is 160 Å². The van der Waals surface area contributed by atoms with E-state index in [4.69, 9.17) is 4.74 Å². The highest BCUT2D eigenvalue weighted by Gasteiger charge is 2.21. The van der Waals surface area contributed by atoms with Gasteiger partial charge >= 0.3 is 0 Å². The van der Waals surface area contributed by atoms with E-state index in [0.717, 1.165) is 9.92 Å². The Balaban J connectivity index is 1.47. The number of fused-ring (bicyclic) bond motifs is 2. The van der Waals surface area contributed by atoms with Gasteiger partial charge in [0.25, 0.3) is 11.8 Å². The third-order valence-electron chi connectivity index (χ3n) is 3.85. The van der Waals surface area contributed by atoms with Gasteiger partial charge in [0.1, 0.15) is 10.8 Å². The number of hydrogen-bond donors (Lipinski definition) is 2. The molecule has 2 heterocycles. The van der Waals surface area contributed by atoms with Crippen LogP contribution in [0.4, 0.5) is 11.4 Å². The summed E-state index contributed by atoms with van der Waals surface area (Å²) in [4.78, 5) is 29.7. The molecule has 0 fully saturated rings. The third-order valence-corrected chi connectivity index (χ3v) is 4.94. The van der Waals surface area contributed by atoms with Crippen molar-refractivity contribution in [3.8, 4) is 5.75 Å². The largest absolute Gasteiger partial charge is 0.484 e. The van der Waals surface area contributed by atoms with Crippen LogP contribution in [0.5, 0.6) is 5.75 Å². The van der Waals surface area contributed by atoms with E-state index < -0.39 is 0 Å². The molecule has 6 nitrogen and oxygen atoms in total. The van der Waals surface area contributed by atoms with Crippen molar-refractivity contribution < 1.29 is 14.3 Å². The minimum atomic E-state index is -0.301. The Kier molecular flexibility index (Phi) is 4.76. The standard InChI is InChI=1S/C20H15N3O3S/c24-18(12-26-14-5-2-1-3-6-14)22-13-8-9-17-15(11-13)19(25)23-16-7-4-10-21-20(16)27-17/h1-11H,12H2,(H,22,24)(H,23,25). The van der Waals surface area contributed by atoms with E-state index in [0.29, 0.717) is 22.7 Å². The number of para-hydroxylation sites is 1. The first kappa shape index (κ1) is 17.1. The molecule has 2 amide bonds. The normalized spacial score (nSPS) is 12.2. The van der Waals surface area contributed by atoms with Gasteiger partial charge in [-0.25, -0.2) is 4.98 Å². The van der Waals surface area contributed by atoms with Crippen LogP contribution in [0.3, 0.4) is 0 Å². The average Bonchev–Trinajstić information content (AvgIpc) is 2.83. The number of amides is 2. The van der Waals surface area contributed by atoms with Gasteiger partial charge in [-0.2, -0.15) is 0 Å². The second-order valence-electron chi connectivity index (χ2n) is 5.77. The fraction of sp³-hybridized carbons (Fsp3) is 0.0500. The molecule has 4 rings (SSSR count). The zero-order chi connectivity index (χ0) is 18.6. The van der Waals surface area contributed by atoms with Crippen LogP contribution in [0, 0.1) is 0 Å². The molecule has 1 aliphatic heterocycles. The fourth-order valence-electron chi connectivity index (χ4n) is 2.60. The summed E-state index contributed by atoms with van der Waals surface area (Å²) < 4.78 is 5.43. The van der Waals surface area contributed by atoms with Crippen molar-refractivity contribution in [1.82, 2.24) is 4.98 Å². The van der Waals surface area contributed by atoms with Gasteiger partial charge in [0.2, 0.25) is 0 Å². The van der Waals surface area contributed by atoms with Crippen LogP contribution in [0.15, 0.2) is 76.8 Å². The maximum Gasteiger partial charge on any atom is 0.262 e. The summed E-state index contributed by atoms with van der Waals surface area (Å²) in [7, 11) is 0. The summed E-state index contributed by atoms with van der Waals surface area (Å²) >= 11 is 1.41. The molecule has 27 heavy (non-hydrogen) atoms. The number of carbonyl (C=O) groups excluding carboxylic acids is 2. The number of hydrogen-bond acceptors (Lipinski definition) is 5. The van der Waals surface area contributed by atoms with Crippen LogP contribution >= 0.6 is 11.8 Å². The van der Waals surface area contributed by atoms with Crippen LogP contribution in [-0.4, -0.2) is 23.4 Å². The van der Waals surface area contributed by atoms with E-state index in [1.807, 2.05) is 24.3 Å². The first-order valence-electron chi connectivity index (χ1n) is 8.25. The number of anilines is 2. The summed E-state index contributed by atoms with van der Waals surface area (Å²) in [5.74, 6) is 0.0851. The van der Waals surface area contributed by atoms with Crippen molar-refractivity contribution in [2.75, 3.05) is 17.2 Å². The Morgan fingerprint density at radius 3 is 2.81 bits per heavy atom. The van der Waals surface area contributed by atoms with E-state index in [-0.39, 0.29) is 18.4 Å². The first-order valence-corrected chi connectivity index (χ1v) is 9.07. The lowest BCUT2D eigenvalue weighted by atomic mass is 10.2. The van der Waals surface area contributed by atoms with Gasteiger partial charge in [-0.3, -0.25) is 9.59 Å². The van der Waals surface area contributed by atoms with E-state index >= 15 is 0 Å². The van der Waals surface area contributed by atoms with Gasteiger partial charge in [0, 0.05) is 16.8 Å². The molecule has 2 N–H and O–H groups in total. The molecular weight excluding hydrogens is 362 g/mol. The van der Waals surface area contributed by atoms with Gasteiger partial charge in [-0.1, -0.05) is 30.0 Å². The van der Waals surface area contributed by atoms with Gasteiger partial charge in [0.15, 0.2) is 6.61 Å². The molecular formula is C20H15N3O3S. The van der Waals surface area contributed by atoms with Crippen molar-refractivity contribution in [1.29, 1.82) is 0 Å². The smallest absolute Gasteiger partial charge is 0.262 e. The zero-order valence-electron chi connectivity index (χ0n) is 14.1. The maximum atomic E-state index is 12.5. The molecule has 0 spiro atoms. The number of nitrogens with one attached hydrogen (secondary N) is 2. The lowest BCUT2D eigenvalue weighted by molar-refractivity contribution is -0.118. The molecule has 0 aliphatic carbocycles. The quantitative estimate of drug-likeness (QED) is 0.723. The highest BCUT2D eigenvalue weighted by molar-refractivity contribution is 7.99. The molecule has 2 aromatic carbocycles. The lowest BCUT2D eigenvalue weighted by Crippen LogP contribution is -2.20. The minimum Gasteiger partial charge on any atom is -0.484 e. The molecule has 0 bridgehead atoms. The van der Waals surface area contributed by atoms with Gasteiger partial charge in [0.05, 0.1) is 11.3 Å². The maximum absolute atomic E-state index is 12.5. The number of benzene rings is 2. The van der Waals surface area contributed by atoms with Crippen LogP contribution in [0.25, 0.3) is 0 Å². The summed E-state index contributed by atoms with van der Waals surface area (Å²) in [6, 6.07) is 17.9. The molecule has 0 radical (unpaired) electrons. The Morgan fingerprint density at radius 1 is 1.11 bits per heavy atom. The predicted octanol–water partition coefficient (Wildman–Crippen LogP) is 3.82. The van der Waals surface area contributed by atoms with Crippen molar-refractivity contribution in [3.05, 3.63) is 72.4 Å². The van der Waals surface area contributed by atoms with E-state index in [1.54, 1.807) is 42.6 Å². The zero-order valence-corrected chi connectivity index (χ0v) is 15.0. The van der Waals surface area contributed by atoms with Crippen molar-refractivity contribution in [3.63, 3.8) is 0 Å². The third kappa shape index (κ3) is 3.93. The summed E-state index contributed by atoms with van der Waals surface area (Å²) in [5.41, 5.74) is 1.69. The number of rotatable bonds is 4. The molecule has 1 aromatic heterocycles. The Bertz CT molecular complexity index is 1010. The van der Waals surface area contributed by atoms with Gasteiger partial charge < -0.3 is 15.4 Å². The van der Waals surface area contributed by atoms with Crippen LogP contribution in [0.1, 0.15) is 10.4 Å². The second-order valence-corrected chi connectivity index (χ2v) is 6.80. The van der Waals surface area contributed by atoms with E-state index in [2.05, 4.69) is 15.6 Å². The van der Waals surface area contributed by atoms with Crippen LogP contribution in [-0.2, 0) is 4.79 Å². The number of pyridine rings is 1. The first-order chi connectivity index (χ1) is 13.2. The SMILES string of the molecule is O=C(COc1ccccc1)Nc1ccc2c(c1)C(=O)Nc1cccnc1S2. The predicted molar refractivity (Wildman–Crippen MR) is 103 cm³/mol. The van der Waals surface area contributed by atoms with Crippen LogP contribution in [0.2, 0.25) is 0 Å². The lowest BCUT2D eigenvalue weighted by Gasteiger charge is -2.10.